The van der Waals surface area contributed by atoms with E-state index in [9.17, 15) is 9.59 Å². The van der Waals surface area contributed by atoms with Crippen molar-refractivity contribution in [3.63, 3.8) is 0 Å². The summed E-state index contributed by atoms with van der Waals surface area (Å²) < 4.78 is 0. The summed E-state index contributed by atoms with van der Waals surface area (Å²) in [6.07, 6.45) is 2.52. The summed E-state index contributed by atoms with van der Waals surface area (Å²) in [4.78, 5) is 22.5. The molecule has 4 nitrogen and oxygen atoms in total. The van der Waals surface area contributed by atoms with E-state index >= 15 is 0 Å². The first kappa shape index (κ1) is 12.2. The van der Waals surface area contributed by atoms with Gasteiger partial charge in [-0.2, -0.15) is 0 Å². The van der Waals surface area contributed by atoms with E-state index in [1.54, 1.807) is 18.2 Å². The summed E-state index contributed by atoms with van der Waals surface area (Å²) in [5.41, 5.74) is 12.0. The smallest absolute Gasteiger partial charge is 0.249 e. The predicted octanol–water partition coefficient (Wildman–Crippen LogP) is 1.23. The topological polar surface area (TPSA) is 86.2 Å². The van der Waals surface area contributed by atoms with E-state index in [0.717, 1.165) is 12.8 Å². The molecule has 0 unspecified atom stereocenters. The second-order valence-electron chi connectivity index (χ2n) is 3.66. The minimum atomic E-state index is -0.519. The van der Waals surface area contributed by atoms with Crippen molar-refractivity contribution in [3.8, 4) is 0 Å². The van der Waals surface area contributed by atoms with Gasteiger partial charge in [-0.3, -0.25) is 9.59 Å². The fourth-order valence-electron chi connectivity index (χ4n) is 1.67. The number of carbonyl (C=O) groups excluding carboxylic acids is 2. The van der Waals surface area contributed by atoms with Crippen LogP contribution in [-0.2, 0) is 6.42 Å². The highest BCUT2D eigenvalue weighted by atomic mass is 16.1. The molecule has 16 heavy (non-hydrogen) atoms. The zero-order chi connectivity index (χ0) is 12.1. The lowest BCUT2D eigenvalue weighted by Crippen LogP contribution is -2.19. The van der Waals surface area contributed by atoms with E-state index < -0.39 is 11.8 Å². The number of benzene rings is 1. The molecule has 1 aromatic rings. The van der Waals surface area contributed by atoms with Crippen LogP contribution in [0.3, 0.4) is 0 Å². The summed E-state index contributed by atoms with van der Waals surface area (Å²) in [6.45, 7) is 2.04. The Hall–Kier alpha value is -1.84. The van der Waals surface area contributed by atoms with Gasteiger partial charge in [0.2, 0.25) is 11.8 Å². The molecular formula is C12H16N2O2. The highest BCUT2D eigenvalue weighted by molar-refractivity contribution is 6.00. The maximum absolute atomic E-state index is 11.2. The maximum Gasteiger partial charge on any atom is 0.249 e. The summed E-state index contributed by atoms with van der Waals surface area (Å²) in [6, 6.07) is 4.87. The van der Waals surface area contributed by atoms with Crippen molar-refractivity contribution < 1.29 is 9.59 Å². The van der Waals surface area contributed by atoms with Crippen molar-refractivity contribution in [2.75, 3.05) is 0 Å². The van der Waals surface area contributed by atoms with Crippen LogP contribution in [0.4, 0.5) is 0 Å². The standard InChI is InChI=1S/C12H16N2O2/c1-2-3-5-8-9(11(13)15)6-4-7-10(8)12(14)16/h4,6-7H,2-3,5H2,1H3,(H2,13,15)(H2,14,16). The van der Waals surface area contributed by atoms with Crippen molar-refractivity contribution in [2.24, 2.45) is 11.5 Å². The third-order valence-electron chi connectivity index (χ3n) is 2.49. The Kier molecular flexibility index (Phi) is 4.05. The minimum absolute atomic E-state index is 0.393. The first-order valence-corrected chi connectivity index (χ1v) is 5.29. The van der Waals surface area contributed by atoms with E-state index in [0.29, 0.717) is 23.1 Å². The molecule has 0 saturated heterocycles. The van der Waals surface area contributed by atoms with Crippen LogP contribution in [0.15, 0.2) is 18.2 Å². The van der Waals surface area contributed by atoms with Gasteiger partial charge in [0.1, 0.15) is 0 Å². The monoisotopic (exact) mass is 220 g/mol. The van der Waals surface area contributed by atoms with Crippen LogP contribution in [0.25, 0.3) is 0 Å². The molecule has 0 fully saturated rings. The molecule has 0 saturated carbocycles. The van der Waals surface area contributed by atoms with Crippen molar-refractivity contribution in [1.29, 1.82) is 0 Å². The maximum atomic E-state index is 11.2. The fourth-order valence-corrected chi connectivity index (χ4v) is 1.67. The van der Waals surface area contributed by atoms with Gasteiger partial charge in [0.15, 0.2) is 0 Å². The number of unbranched alkanes of at least 4 members (excludes halogenated alkanes) is 1. The molecule has 0 aliphatic heterocycles. The lowest BCUT2D eigenvalue weighted by Gasteiger charge is -2.10. The first-order chi connectivity index (χ1) is 7.57. The molecule has 0 radical (unpaired) electrons. The molecule has 1 aromatic carbocycles. The Labute approximate surface area is 94.6 Å². The molecule has 4 heteroatoms. The van der Waals surface area contributed by atoms with Gasteiger partial charge in [0.05, 0.1) is 0 Å². The van der Waals surface area contributed by atoms with Crippen LogP contribution < -0.4 is 11.5 Å². The molecule has 4 N–H and O–H groups in total. The quantitative estimate of drug-likeness (QED) is 0.781. The van der Waals surface area contributed by atoms with Crippen molar-refractivity contribution >= 4 is 11.8 Å². The number of carbonyl (C=O) groups is 2. The molecule has 0 bridgehead atoms. The third kappa shape index (κ3) is 2.59. The molecule has 0 aliphatic rings. The highest BCUT2D eigenvalue weighted by Gasteiger charge is 2.14. The second-order valence-corrected chi connectivity index (χ2v) is 3.66. The summed E-state index contributed by atoms with van der Waals surface area (Å²) in [7, 11) is 0. The van der Waals surface area contributed by atoms with Gasteiger partial charge in [0, 0.05) is 11.1 Å². The number of rotatable bonds is 5. The molecule has 86 valence electrons. The van der Waals surface area contributed by atoms with E-state index in [1.165, 1.54) is 0 Å². The fraction of sp³-hybridized carbons (Fsp3) is 0.333. The van der Waals surface area contributed by atoms with Crippen LogP contribution in [0.2, 0.25) is 0 Å². The summed E-state index contributed by atoms with van der Waals surface area (Å²) >= 11 is 0. The molecule has 0 aromatic heterocycles. The normalized spacial score (nSPS) is 10.1. The molecule has 0 aliphatic carbocycles. The molecule has 0 heterocycles. The van der Waals surface area contributed by atoms with Gasteiger partial charge < -0.3 is 11.5 Å². The number of hydrogen-bond donors (Lipinski definition) is 2. The third-order valence-corrected chi connectivity index (χ3v) is 2.49. The van der Waals surface area contributed by atoms with Gasteiger partial charge in [-0.15, -0.1) is 0 Å². The molecule has 1 rings (SSSR count). The Balaban J connectivity index is 3.23. The average Bonchev–Trinajstić information content (AvgIpc) is 2.25. The Morgan fingerprint density at radius 3 is 2.00 bits per heavy atom. The van der Waals surface area contributed by atoms with E-state index in [-0.39, 0.29) is 0 Å². The van der Waals surface area contributed by atoms with Gasteiger partial charge in [-0.05, 0) is 30.5 Å². The zero-order valence-corrected chi connectivity index (χ0v) is 9.32. The Bertz CT molecular complexity index is 381. The van der Waals surface area contributed by atoms with E-state index in [4.69, 9.17) is 11.5 Å². The van der Waals surface area contributed by atoms with Crippen LogP contribution in [0.1, 0.15) is 46.0 Å². The molecule has 0 atom stereocenters. The van der Waals surface area contributed by atoms with E-state index in [1.807, 2.05) is 6.92 Å². The van der Waals surface area contributed by atoms with Crippen molar-refractivity contribution in [1.82, 2.24) is 0 Å². The number of primary amides is 2. The lowest BCUT2D eigenvalue weighted by atomic mass is 9.95. The second kappa shape index (κ2) is 5.30. The molecule has 0 spiro atoms. The van der Waals surface area contributed by atoms with Gasteiger partial charge in [-0.25, -0.2) is 0 Å². The Morgan fingerprint density at radius 1 is 1.12 bits per heavy atom. The van der Waals surface area contributed by atoms with Gasteiger partial charge in [0.25, 0.3) is 0 Å². The van der Waals surface area contributed by atoms with E-state index in [2.05, 4.69) is 0 Å². The average molecular weight is 220 g/mol. The summed E-state index contributed by atoms with van der Waals surface area (Å²) in [5, 5.41) is 0. The molecular weight excluding hydrogens is 204 g/mol. The van der Waals surface area contributed by atoms with Gasteiger partial charge >= 0.3 is 0 Å². The van der Waals surface area contributed by atoms with Crippen LogP contribution in [0, 0.1) is 0 Å². The van der Waals surface area contributed by atoms with Crippen LogP contribution in [0.5, 0.6) is 0 Å². The number of hydrogen-bond acceptors (Lipinski definition) is 2. The largest absolute Gasteiger partial charge is 0.366 e. The SMILES string of the molecule is CCCCc1c(C(N)=O)cccc1C(N)=O. The highest BCUT2D eigenvalue weighted by Crippen LogP contribution is 2.17. The van der Waals surface area contributed by atoms with Crippen LogP contribution in [-0.4, -0.2) is 11.8 Å². The Morgan fingerprint density at radius 2 is 1.62 bits per heavy atom. The molecule has 2 amide bonds. The number of nitrogens with two attached hydrogens (primary N) is 2. The predicted molar refractivity (Wildman–Crippen MR) is 62.1 cm³/mol. The van der Waals surface area contributed by atoms with Crippen LogP contribution >= 0.6 is 0 Å². The summed E-state index contributed by atoms with van der Waals surface area (Å²) in [5.74, 6) is -1.04. The zero-order valence-electron chi connectivity index (χ0n) is 9.32. The lowest BCUT2D eigenvalue weighted by molar-refractivity contribution is 0.0999. The van der Waals surface area contributed by atoms with Crippen molar-refractivity contribution in [3.05, 3.63) is 34.9 Å². The first-order valence-electron chi connectivity index (χ1n) is 5.29. The van der Waals surface area contributed by atoms with Gasteiger partial charge in [-0.1, -0.05) is 19.4 Å². The van der Waals surface area contributed by atoms with Crippen molar-refractivity contribution in [2.45, 2.75) is 26.2 Å². The number of amides is 2. The minimum Gasteiger partial charge on any atom is -0.366 e.